The van der Waals surface area contributed by atoms with Crippen molar-refractivity contribution in [1.82, 2.24) is 5.32 Å². The van der Waals surface area contributed by atoms with Gasteiger partial charge in [-0.05, 0) is 55.1 Å². The van der Waals surface area contributed by atoms with Crippen LogP contribution in [0.25, 0.3) is 0 Å². The van der Waals surface area contributed by atoms with Crippen molar-refractivity contribution in [3.8, 4) is 11.5 Å². The zero-order valence-corrected chi connectivity index (χ0v) is 13.9. The summed E-state index contributed by atoms with van der Waals surface area (Å²) in [6.07, 6.45) is 2.34. The highest BCUT2D eigenvalue weighted by Gasteiger charge is 2.24. The molecule has 0 saturated carbocycles. The highest BCUT2D eigenvalue weighted by molar-refractivity contribution is 5.49. The van der Waals surface area contributed by atoms with E-state index >= 15 is 0 Å². The molecule has 0 radical (unpaired) electrons. The first kappa shape index (κ1) is 16.7. The molecular formula is C19H21F2NO2. The van der Waals surface area contributed by atoms with Gasteiger partial charge in [0.1, 0.15) is 11.5 Å². The van der Waals surface area contributed by atoms with Gasteiger partial charge in [0.2, 0.25) is 0 Å². The summed E-state index contributed by atoms with van der Waals surface area (Å²) >= 11 is 0. The number of fused-ring (bicyclic) bond motifs is 1. The molecule has 24 heavy (non-hydrogen) atoms. The van der Waals surface area contributed by atoms with Crippen LogP contribution in [0.15, 0.2) is 30.3 Å². The highest BCUT2D eigenvalue weighted by atomic mass is 19.2. The fourth-order valence-corrected chi connectivity index (χ4v) is 3.28. The van der Waals surface area contributed by atoms with Crippen LogP contribution in [0, 0.1) is 11.6 Å². The van der Waals surface area contributed by atoms with E-state index in [1.165, 1.54) is 17.7 Å². The van der Waals surface area contributed by atoms with Crippen LogP contribution >= 0.6 is 0 Å². The van der Waals surface area contributed by atoms with Gasteiger partial charge in [-0.3, -0.25) is 0 Å². The molecule has 128 valence electrons. The SMILES string of the molecule is COc1cc2c(c(OC)c1)C(CCc1ccc(F)c(F)c1)NCC2. The van der Waals surface area contributed by atoms with Crippen molar-refractivity contribution in [1.29, 1.82) is 0 Å². The number of ether oxygens (including phenoxy) is 2. The minimum absolute atomic E-state index is 0.114. The zero-order chi connectivity index (χ0) is 17.1. The third kappa shape index (κ3) is 3.36. The van der Waals surface area contributed by atoms with E-state index in [1.54, 1.807) is 20.3 Å². The van der Waals surface area contributed by atoms with Gasteiger partial charge in [-0.2, -0.15) is 0 Å². The molecular weight excluding hydrogens is 312 g/mol. The lowest BCUT2D eigenvalue weighted by Crippen LogP contribution is -2.30. The minimum Gasteiger partial charge on any atom is -0.497 e. The number of halogens is 2. The fraction of sp³-hybridized carbons (Fsp3) is 0.368. The van der Waals surface area contributed by atoms with Gasteiger partial charge in [0.25, 0.3) is 0 Å². The summed E-state index contributed by atoms with van der Waals surface area (Å²) in [5.74, 6) is -0.0286. The first-order valence-electron chi connectivity index (χ1n) is 8.04. The quantitative estimate of drug-likeness (QED) is 0.903. The first-order valence-corrected chi connectivity index (χ1v) is 8.04. The summed E-state index contributed by atoms with van der Waals surface area (Å²) in [6, 6.07) is 8.12. The second-order valence-corrected chi connectivity index (χ2v) is 5.95. The first-order chi connectivity index (χ1) is 11.6. The van der Waals surface area contributed by atoms with Crippen molar-refractivity contribution < 1.29 is 18.3 Å². The van der Waals surface area contributed by atoms with Gasteiger partial charge in [-0.15, -0.1) is 0 Å². The lowest BCUT2D eigenvalue weighted by Gasteiger charge is -2.29. The third-order valence-corrected chi connectivity index (χ3v) is 4.50. The van der Waals surface area contributed by atoms with Gasteiger partial charge in [0.15, 0.2) is 11.6 Å². The largest absolute Gasteiger partial charge is 0.497 e. The van der Waals surface area contributed by atoms with Gasteiger partial charge in [0.05, 0.1) is 14.2 Å². The molecule has 5 heteroatoms. The van der Waals surface area contributed by atoms with Crippen LogP contribution in [0.3, 0.4) is 0 Å². The molecule has 0 saturated heterocycles. The van der Waals surface area contributed by atoms with Crippen molar-refractivity contribution in [2.75, 3.05) is 20.8 Å². The van der Waals surface area contributed by atoms with E-state index in [2.05, 4.69) is 5.32 Å². The molecule has 1 atom stereocenters. The van der Waals surface area contributed by atoms with E-state index in [1.807, 2.05) is 12.1 Å². The second kappa shape index (κ2) is 7.18. The number of rotatable bonds is 5. The van der Waals surface area contributed by atoms with E-state index in [0.717, 1.165) is 42.0 Å². The third-order valence-electron chi connectivity index (χ3n) is 4.50. The predicted octanol–water partition coefficient (Wildman–Crippen LogP) is 3.80. The number of aryl methyl sites for hydroxylation is 1. The van der Waals surface area contributed by atoms with E-state index in [9.17, 15) is 8.78 Å². The summed E-state index contributed by atoms with van der Waals surface area (Å²) < 4.78 is 37.3. The average Bonchev–Trinajstić information content (AvgIpc) is 2.61. The lowest BCUT2D eigenvalue weighted by atomic mass is 9.89. The molecule has 3 nitrogen and oxygen atoms in total. The molecule has 2 aromatic carbocycles. The molecule has 1 aliphatic heterocycles. The lowest BCUT2D eigenvalue weighted by molar-refractivity contribution is 0.373. The van der Waals surface area contributed by atoms with Crippen molar-refractivity contribution in [3.05, 3.63) is 58.7 Å². The summed E-state index contributed by atoms with van der Waals surface area (Å²) in [4.78, 5) is 0. The van der Waals surface area contributed by atoms with Crippen LogP contribution in [-0.4, -0.2) is 20.8 Å². The maximum atomic E-state index is 13.4. The van der Waals surface area contributed by atoms with Crippen molar-refractivity contribution >= 4 is 0 Å². The van der Waals surface area contributed by atoms with Gasteiger partial charge >= 0.3 is 0 Å². The average molecular weight is 333 g/mol. The van der Waals surface area contributed by atoms with Crippen molar-refractivity contribution in [3.63, 3.8) is 0 Å². The monoisotopic (exact) mass is 333 g/mol. The molecule has 2 aromatic rings. The van der Waals surface area contributed by atoms with E-state index in [4.69, 9.17) is 9.47 Å². The van der Waals surface area contributed by atoms with Crippen LogP contribution in [0.1, 0.15) is 29.2 Å². The van der Waals surface area contributed by atoms with Crippen molar-refractivity contribution in [2.45, 2.75) is 25.3 Å². The van der Waals surface area contributed by atoms with Crippen LogP contribution in [0.4, 0.5) is 8.78 Å². The molecule has 0 bridgehead atoms. The van der Waals surface area contributed by atoms with Gasteiger partial charge in [-0.1, -0.05) is 6.07 Å². The van der Waals surface area contributed by atoms with Gasteiger partial charge < -0.3 is 14.8 Å². The standard InChI is InChI=1S/C19H21F2NO2/c1-23-14-10-13-7-8-22-17(19(13)18(11-14)24-2)6-4-12-3-5-15(20)16(21)9-12/h3,5,9-11,17,22H,4,6-8H2,1-2H3. The molecule has 1 aliphatic rings. The van der Waals surface area contributed by atoms with Crippen LogP contribution in [0.2, 0.25) is 0 Å². The van der Waals surface area contributed by atoms with E-state index in [-0.39, 0.29) is 6.04 Å². The molecule has 0 fully saturated rings. The molecule has 0 amide bonds. The van der Waals surface area contributed by atoms with Crippen LogP contribution in [0.5, 0.6) is 11.5 Å². The molecule has 3 rings (SSSR count). The summed E-state index contributed by atoms with van der Waals surface area (Å²) in [6.45, 7) is 0.867. The maximum absolute atomic E-state index is 13.4. The Bertz CT molecular complexity index is 716. The molecule has 0 aliphatic carbocycles. The van der Waals surface area contributed by atoms with E-state index < -0.39 is 11.6 Å². The Labute approximate surface area is 140 Å². The Hall–Kier alpha value is -2.14. The number of hydrogen-bond acceptors (Lipinski definition) is 3. The van der Waals surface area contributed by atoms with Crippen molar-refractivity contribution in [2.24, 2.45) is 0 Å². The molecule has 1 unspecified atom stereocenters. The predicted molar refractivity (Wildman–Crippen MR) is 88.7 cm³/mol. The maximum Gasteiger partial charge on any atom is 0.159 e. The normalized spacial score (nSPS) is 16.6. The zero-order valence-electron chi connectivity index (χ0n) is 13.9. The Balaban J connectivity index is 1.82. The number of nitrogens with one attached hydrogen (secondary N) is 1. The topological polar surface area (TPSA) is 30.5 Å². The van der Waals surface area contributed by atoms with Gasteiger partial charge in [0, 0.05) is 17.7 Å². The second-order valence-electron chi connectivity index (χ2n) is 5.95. The summed E-state index contributed by atoms with van der Waals surface area (Å²) in [7, 11) is 3.29. The van der Waals surface area contributed by atoms with Gasteiger partial charge in [-0.25, -0.2) is 8.78 Å². The molecule has 1 N–H and O–H groups in total. The fourth-order valence-electron chi connectivity index (χ4n) is 3.28. The Kier molecular flexibility index (Phi) is 5.00. The Morgan fingerprint density at radius 1 is 1.08 bits per heavy atom. The van der Waals surface area contributed by atoms with E-state index in [0.29, 0.717) is 6.42 Å². The highest BCUT2D eigenvalue weighted by Crippen LogP contribution is 2.37. The molecule has 0 spiro atoms. The number of benzene rings is 2. The summed E-state index contributed by atoms with van der Waals surface area (Å²) in [5.41, 5.74) is 3.13. The van der Waals surface area contributed by atoms with Crippen LogP contribution in [-0.2, 0) is 12.8 Å². The summed E-state index contributed by atoms with van der Waals surface area (Å²) in [5, 5.41) is 3.50. The smallest absolute Gasteiger partial charge is 0.159 e. The number of hydrogen-bond donors (Lipinski definition) is 1. The molecule has 0 aromatic heterocycles. The molecule has 1 heterocycles. The minimum atomic E-state index is -0.811. The Morgan fingerprint density at radius 3 is 2.62 bits per heavy atom. The van der Waals surface area contributed by atoms with Crippen LogP contribution < -0.4 is 14.8 Å². The number of methoxy groups -OCH3 is 2. The Morgan fingerprint density at radius 2 is 1.92 bits per heavy atom.